The summed E-state index contributed by atoms with van der Waals surface area (Å²) < 4.78 is 12.8. The van der Waals surface area contributed by atoms with Gasteiger partial charge in [-0.2, -0.15) is 5.26 Å². The second-order valence-corrected chi connectivity index (χ2v) is 6.45. The Bertz CT molecular complexity index is 757. The molecule has 0 radical (unpaired) electrons. The van der Waals surface area contributed by atoms with E-state index in [4.69, 9.17) is 14.7 Å². The van der Waals surface area contributed by atoms with E-state index in [1.807, 2.05) is 0 Å². The summed E-state index contributed by atoms with van der Waals surface area (Å²) in [6.07, 6.45) is 2.11. The van der Waals surface area contributed by atoms with E-state index in [1.54, 1.807) is 28.8 Å². The molecular formula is C16H18N4O3S. The van der Waals surface area contributed by atoms with Crippen molar-refractivity contribution in [3.63, 3.8) is 0 Å². The fourth-order valence-corrected chi connectivity index (χ4v) is 3.26. The van der Waals surface area contributed by atoms with Gasteiger partial charge in [-0.05, 0) is 37.1 Å². The Kier molecular flexibility index (Phi) is 5.56. The summed E-state index contributed by atoms with van der Waals surface area (Å²) in [6.45, 7) is 1.78. The summed E-state index contributed by atoms with van der Waals surface area (Å²) >= 11 is 1.47. The number of aromatic amines is 1. The monoisotopic (exact) mass is 346 g/mol. The topological polar surface area (TPSA) is 92.9 Å². The van der Waals surface area contributed by atoms with Crippen molar-refractivity contribution in [2.75, 3.05) is 19.0 Å². The van der Waals surface area contributed by atoms with Gasteiger partial charge in [0.2, 0.25) is 0 Å². The normalized spacial score (nSPS) is 16.9. The lowest BCUT2D eigenvalue weighted by Gasteiger charge is -2.11. The van der Waals surface area contributed by atoms with Gasteiger partial charge in [-0.15, -0.1) is 5.10 Å². The second-order valence-electron chi connectivity index (χ2n) is 5.39. The Morgan fingerprint density at radius 2 is 2.29 bits per heavy atom. The van der Waals surface area contributed by atoms with E-state index in [2.05, 4.69) is 16.3 Å². The largest absolute Gasteiger partial charge is 0.493 e. The highest BCUT2D eigenvalue weighted by molar-refractivity contribution is 7.99. The molecular weight excluding hydrogens is 328 g/mol. The lowest BCUT2D eigenvalue weighted by Crippen LogP contribution is -2.25. The van der Waals surface area contributed by atoms with Crippen molar-refractivity contribution in [1.82, 2.24) is 14.8 Å². The quantitative estimate of drug-likeness (QED) is 0.607. The molecule has 0 bridgehead atoms. The highest BCUT2D eigenvalue weighted by Gasteiger charge is 2.19. The third kappa shape index (κ3) is 4.19. The molecule has 1 atom stereocenters. The maximum Gasteiger partial charge on any atom is 0.344 e. The zero-order valence-corrected chi connectivity index (χ0v) is 13.9. The fourth-order valence-electron chi connectivity index (χ4n) is 2.48. The van der Waals surface area contributed by atoms with Crippen LogP contribution in [0.15, 0.2) is 34.2 Å². The summed E-state index contributed by atoms with van der Waals surface area (Å²) in [5.41, 5.74) is 0.396. The Labute approximate surface area is 143 Å². The van der Waals surface area contributed by atoms with Crippen LogP contribution in [0, 0.1) is 11.3 Å². The first-order chi connectivity index (χ1) is 11.8. The molecule has 0 amide bonds. The fraction of sp³-hybridized carbons (Fsp3) is 0.438. The maximum atomic E-state index is 11.9. The summed E-state index contributed by atoms with van der Waals surface area (Å²) in [6, 6.07) is 9.04. The van der Waals surface area contributed by atoms with E-state index in [1.165, 1.54) is 11.8 Å². The minimum absolute atomic E-state index is 0.0922. The van der Waals surface area contributed by atoms with Crippen molar-refractivity contribution in [3.8, 4) is 11.8 Å². The van der Waals surface area contributed by atoms with Gasteiger partial charge in [0, 0.05) is 12.4 Å². The van der Waals surface area contributed by atoms with Crippen LogP contribution >= 0.6 is 11.8 Å². The van der Waals surface area contributed by atoms with E-state index in [0.29, 0.717) is 35.4 Å². The third-order valence-electron chi connectivity index (χ3n) is 3.70. The predicted octanol–water partition coefficient (Wildman–Crippen LogP) is 1.79. The molecule has 0 spiro atoms. The molecule has 2 heterocycles. The lowest BCUT2D eigenvalue weighted by atomic mass is 10.2. The number of ether oxygens (including phenoxy) is 2. The number of rotatable bonds is 7. The van der Waals surface area contributed by atoms with Crippen molar-refractivity contribution in [3.05, 3.63) is 40.3 Å². The van der Waals surface area contributed by atoms with Gasteiger partial charge in [0.15, 0.2) is 5.16 Å². The van der Waals surface area contributed by atoms with Gasteiger partial charge < -0.3 is 9.47 Å². The molecule has 1 aromatic carbocycles. The first kappa shape index (κ1) is 16.6. The number of benzene rings is 1. The maximum absolute atomic E-state index is 11.9. The average Bonchev–Trinajstić information content (AvgIpc) is 3.24. The number of aromatic nitrogens is 3. The SMILES string of the molecule is N#Cc1ccc(OCCSc2n[nH]c(=O)n2CC2CCCO2)cc1. The van der Waals surface area contributed by atoms with Crippen molar-refractivity contribution in [2.45, 2.75) is 30.6 Å². The third-order valence-corrected chi connectivity index (χ3v) is 4.64. The van der Waals surface area contributed by atoms with Gasteiger partial charge >= 0.3 is 5.69 Å². The van der Waals surface area contributed by atoms with Gasteiger partial charge in [0.05, 0.1) is 30.9 Å². The average molecular weight is 346 g/mol. The summed E-state index contributed by atoms with van der Waals surface area (Å²) in [7, 11) is 0. The molecule has 24 heavy (non-hydrogen) atoms. The zero-order chi connectivity index (χ0) is 16.8. The van der Waals surface area contributed by atoms with Crippen molar-refractivity contribution in [2.24, 2.45) is 0 Å². The predicted molar refractivity (Wildman–Crippen MR) is 89.2 cm³/mol. The molecule has 1 fully saturated rings. The minimum atomic E-state index is -0.207. The number of thioether (sulfide) groups is 1. The van der Waals surface area contributed by atoms with Crippen LogP contribution < -0.4 is 10.4 Å². The number of H-pyrrole nitrogens is 1. The van der Waals surface area contributed by atoms with Gasteiger partial charge in [-0.25, -0.2) is 9.89 Å². The first-order valence-corrected chi connectivity index (χ1v) is 8.77. The molecule has 8 heteroatoms. The Morgan fingerprint density at radius 1 is 1.46 bits per heavy atom. The number of nitriles is 1. The van der Waals surface area contributed by atoms with E-state index in [-0.39, 0.29) is 11.8 Å². The van der Waals surface area contributed by atoms with E-state index in [9.17, 15) is 4.79 Å². The van der Waals surface area contributed by atoms with Crippen molar-refractivity contribution >= 4 is 11.8 Å². The number of hydrogen-bond acceptors (Lipinski definition) is 6. The molecule has 1 aliphatic rings. The standard InChI is InChI=1S/C16H18N4O3S/c17-10-12-3-5-13(6-4-12)23-8-9-24-16-19-18-15(21)20(16)11-14-2-1-7-22-14/h3-6,14H,1-2,7-9,11H2,(H,18,21). The van der Waals surface area contributed by atoms with Crippen LogP contribution in [0.3, 0.4) is 0 Å². The summed E-state index contributed by atoms with van der Waals surface area (Å²) in [5.74, 6) is 1.38. The number of nitrogens with one attached hydrogen (secondary N) is 1. The van der Waals surface area contributed by atoms with Gasteiger partial charge in [-0.3, -0.25) is 4.57 Å². The molecule has 7 nitrogen and oxygen atoms in total. The minimum Gasteiger partial charge on any atom is -0.493 e. The summed E-state index contributed by atoms with van der Waals surface area (Å²) in [5, 5.41) is 16.0. The highest BCUT2D eigenvalue weighted by Crippen LogP contribution is 2.18. The highest BCUT2D eigenvalue weighted by atomic mass is 32.2. The summed E-state index contributed by atoms with van der Waals surface area (Å²) in [4.78, 5) is 11.9. The van der Waals surface area contributed by atoms with Crippen molar-refractivity contribution < 1.29 is 9.47 Å². The molecule has 1 unspecified atom stereocenters. The van der Waals surface area contributed by atoms with Crippen LogP contribution in [0.2, 0.25) is 0 Å². The van der Waals surface area contributed by atoms with E-state index < -0.39 is 0 Å². The van der Waals surface area contributed by atoms with E-state index in [0.717, 1.165) is 19.4 Å². The zero-order valence-electron chi connectivity index (χ0n) is 13.1. The molecule has 1 aromatic heterocycles. The smallest absolute Gasteiger partial charge is 0.344 e. The van der Waals surface area contributed by atoms with Gasteiger partial charge in [0.1, 0.15) is 5.75 Å². The molecule has 1 saturated heterocycles. The van der Waals surface area contributed by atoms with Gasteiger partial charge in [-0.1, -0.05) is 11.8 Å². The van der Waals surface area contributed by atoms with Crippen LogP contribution in [-0.2, 0) is 11.3 Å². The first-order valence-electron chi connectivity index (χ1n) is 7.79. The van der Waals surface area contributed by atoms with Crippen molar-refractivity contribution in [1.29, 1.82) is 5.26 Å². The molecule has 1 aliphatic heterocycles. The Hall–Kier alpha value is -2.24. The van der Waals surface area contributed by atoms with Crippen LogP contribution in [-0.4, -0.2) is 39.8 Å². The molecule has 3 rings (SSSR count). The second kappa shape index (κ2) is 8.04. The number of nitrogens with zero attached hydrogens (tertiary/aromatic N) is 3. The molecule has 0 saturated carbocycles. The van der Waals surface area contributed by atoms with Crippen LogP contribution in [0.1, 0.15) is 18.4 Å². The van der Waals surface area contributed by atoms with Gasteiger partial charge in [0.25, 0.3) is 0 Å². The van der Waals surface area contributed by atoms with Crippen LogP contribution in [0.5, 0.6) is 5.75 Å². The lowest BCUT2D eigenvalue weighted by molar-refractivity contribution is 0.0941. The van der Waals surface area contributed by atoms with Crippen LogP contribution in [0.25, 0.3) is 0 Å². The molecule has 1 N–H and O–H groups in total. The molecule has 2 aromatic rings. The van der Waals surface area contributed by atoms with E-state index >= 15 is 0 Å². The van der Waals surface area contributed by atoms with Crippen LogP contribution in [0.4, 0.5) is 0 Å². The Morgan fingerprint density at radius 3 is 3.00 bits per heavy atom. The Balaban J connectivity index is 1.49. The molecule has 0 aliphatic carbocycles. The molecule has 126 valence electrons. The number of hydrogen-bond donors (Lipinski definition) is 1.